The van der Waals surface area contributed by atoms with Crippen LogP contribution >= 0.6 is 0 Å². The van der Waals surface area contributed by atoms with Gasteiger partial charge >= 0.3 is 0 Å². The molecule has 21 heavy (non-hydrogen) atoms. The highest BCUT2D eigenvalue weighted by Gasteiger charge is 2.12. The molecule has 0 aliphatic rings. The zero-order valence-electron chi connectivity index (χ0n) is 11.2. The summed E-state index contributed by atoms with van der Waals surface area (Å²) in [5.74, 6) is 5.29. The van der Waals surface area contributed by atoms with Crippen molar-refractivity contribution >= 4 is 11.6 Å². The van der Waals surface area contributed by atoms with Gasteiger partial charge < -0.3 is 9.14 Å². The SMILES string of the molecule is NNC(=O)c1cn2cccc(OCc3ccccc3)c2n1. The van der Waals surface area contributed by atoms with Crippen molar-refractivity contribution in [2.75, 3.05) is 0 Å². The highest BCUT2D eigenvalue weighted by atomic mass is 16.5. The van der Waals surface area contributed by atoms with E-state index in [2.05, 4.69) is 10.4 Å². The quantitative estimate of drug-likeness (QED) is 0.432. The van der Waals surface area contributed by atoms with Crippen molar-refractivity contribution in [1.29, 1.82) is 0 Å². The van der Waals surface area contributed by atoms with E-state index in [0.29, 0.717) is 18.0 Å². The van der Waals surface area contributed by atoms with Crippen LogP contribution in [-0.4, -0.2) is 15.3 Å². The third kappa shape index (κ3) is 2.70. The fourth-order valence-corrected chi connectivity index (χ4v) is 2.02. The number of carbonyl (C=O) groups is 1. The molecule has 6 heteroatoms. The van der Waals surface area contributed by atoms with Gasteiger partial charge in [-0.1, -0.05) is 30.3 Å². The van der Waals surface area contributed by atoms with Crippen molar-refractivity contribution in [2.45, 2.75) is 6.61 Å². The summed E-state index contributed by atoms with van der Waals surface area (Å²) in [4.78, 5) is 15.8. The molecule has 0 unspecified atom stereocenters. The van der Waals surface area contributed by atoms with Crippen LogP contribution in [0.15, 0.2) is 54.9 Å². The van der Waals surface area contributed by atoms with Crippen molar-refractivity contribution < 1.29 is 9.53 Å². The average Bonchev–Trinajstić information content (AvgIpc) is 2.97. The molecule has 3 N–H and O–H groups in total. The number of nitrogens with one attached hydrogen (secondary N) is 1. The number of aromatic nitrogens is 2. The number of rotatable bonds is 4. The second-order valence-electron chi connectivity index (χ2n) is 4.48. The first-order valence-corrected chi connectivity index (χ1v) is 6.43. The zero-order chi connectivity index (χ0) is 14.7. The van der Waals surface area contributed by atoms with Gasteiger partial charge in [0.2, 0.25) is 0 Å². The van der Waals surface area contributed by atoms with E-state index in [4.69, 9.17) is 10.6 Å². The molecule has 0 aliphatic heterocycles. The van der Waals surface area contributed by atoms with Crippen LogP contribution in [0, 0.1) is 0 Å². The number of carbonyl (C=O) groups excluding carboxylic acids is 1. The predicted octanol–water partition coefficient (Wildman–Crippen LogP) is 1.52. The van der Waals surface area contributed by atoms with Crippen molar-refractivity contribution in [2.24, 2.45) is 5.84 Å². The molecule has 0 bridgehead atoms. The lowest BCUT2D eigenvalue weighted by Crippen LogP contribution is -2.30. The van der Waals surface area contributed by atoms with Gasteiger partial charge in [-0.15, -0.1) is 0 Å². The number of hydrogen-bond donors (Lipinski definition) is 2. The molecule has 0 saturated heterocycles. The molecule has 2 aromatic heterocycles. The second-order valence-corrected chi connectivity index (χ2v) is 4.48. The first-order valence-electron chi connectivity index (χ1n) is 6.43. The van der Waals surface area contributed by atoms with Gasteiger partial charge in [0.25, 0.3) is 5.91 Å². The maximum absolute atomic E-state index is 11.5. The van der Waals surface area contributed by atoms with Gasteiger partial charge in [-0.25, -0.2) is 10.8 Å². The molecule has 106 valence electrons. The second kappa shape index (κ2) is 5.64. The van der Waals surface area contributed by atoms with E-state index in [1.165, 1.54) is 0 Å². The van der Waals surface area contributed by atoms with Crippen LogP contribution in [0.1, 0.15) is 16.1 Å². The standard InChI is InChI=1S/C15H14N4O2/c16-18-15(20)12-9-19-8-4-7-13(14(19)17-12)21-10-11-5-2-1-3-6-11/h1-9H,10,16H2,(H,18,20). The van der Waals surface area contributed by atoms with E-state index in [1.807, 2.05) is 42.5 Å². The number of amides is 1. The van der Waals surface area contributed by atoms with E-state index in [-0.39, 0.29) is 5.69 Å². The monoisotopic (exact) mass is 282 g/mol. The molecule has 0 spiro atoms. The number of ether oxygens (including phenoxy) is 1. The van der Waals surface area contributed by atoms with E-state index in [1.54, 1.807) is 16.8 Å². The Morgan fingerprint density at radius 2 is 2.05 bits per heavy atom. The van der Waals surface area contributed by atoms with Crippen LogP contribution in [0.25, 0.3) is 5.65 Å². The molecule has 1 aromatic carbocycles. The molecule has 0 atom stereocenters. The highest BCUT2D eigenvalue weighted by molar-refractivity contribution is 5.92. The summed E-state index contributed by atoms with van der Waals surface area (Å²) < 4.78 is 7.51. The summed E-state index contributed by atoms with van der Waals surface area (Å²) >= 11 is 0. The van der Waals surface area contributed by atoms with Crippen molar-refractivity contribution in [1.82, 2.24) is 14.8 Å². The van der Waals surface area contributed by atoms with Gasteiger partial charge in [-0.05, 0) is 17.7 Å². The molecular formula is C15H14N4O2. The Labute approximate surface area is 121 Å². The van der Waals surface area contributed by atoms with Gasteiger partial charge in [-0.2, -0.15) is 0 Å². The van der Waals surface area contributed by atoms with Gasteiger partial charge in [0.1, 0.15) is 12.3 Å². The molecule has 3 aromatic rings. The van der Waals surface area contributed by atoms with Gasteiger partial charge in [0, 0.05) is 12.4 Å². The lowest BCUT2D eigenvalue weighted by Gasteiger charge is -2.07. The number of pyridine rings is 1. The number of nitrogen functional groups attached to an aromatic ring is 1. The molecule has 0 aliphatic carbocycles. The Morgan fingerprint density at radius 1 is 1.24 bits per heavy atom. The largest absolute Gasteiger partial charge is 0.485 e. The van der Waals surface area contributed by atoms with E-state index in [9.17, 15) is 4.79 Å². The number of nitrogens with zero attached hydrogens (tertiary/aromatic N) is 2. The van der Waals surface area contributed by atoms with Crippen LogP contribution in [0.3, 0.4) is 0 Å². The van der Waals surface area contributed by atoms with Crippen LogP contribution in [0.2, 0.25) is 0 Å². The lowest BCUT2D eigenvalue weighted by molar-refractivity contribution is 0.0949. The number of benzene rings is 1. The number of hydrazine groups is 1. The molecule has 0 fully saturated rings. The smallest absolute Gasteiger partial charge is 0.285 e. The molecule has 0 saturated carbocycles. The Hall–Kier alpha value is -2.86. The number of fused-ring (bicyclic) bond motifs is 1. The average molecular weight is 282 g/mol. The Balaban J connectivity index is 1.88. The summed E-state index contributed by atoms with van der Waals surface area (Å²) in [6, 6.07) is 13.5. The van der Waals surface area contributed by atoms with E-state index < -0.39 is 5.91 Å². The molecule has 0 radical (unpaired) electrons. The van der Waals surface area contributed by atoms with E-state index in [0.717, 1.165) is 5.56 Å². The maximum atomic E-state index is 11.5. The number of nitrogens with two attached hydrogens (primary N) is 1. The molecular weight excluding hydrogens is 268 g/mol. The summed E-state index contributed by atoms with van der Waals surface area (Å²) in [7, 11) is 0. The van der Waals surface area contributed by atoms with Gasteiger partial charge in [-0.3, -0.25) is 10.2 Å². The molecule has 6 nitrogen and oxygen atoms in total. The fourth-order valence-electron chi connectivity index (χ4n) is 2.02. The Kier molecular flexibility index (Phi) is 3.53. The van der Waals surface area contributed by atoms with Crippen LogP contribution < -0.4 is 16.0 Å². The summed E-state index contributed by atoms with van der Waals surface area (Å²) in [5, 5.41) is 0. The van der Waals surface area contributed by atoms with Gasteiger partial charge in [0.05, 0.1) is 0 Å². The lowest BCUT2D eigenvalue weighted by atomic mass is 10.2. The zero-order valence-corrected chi connectivity index (χ0v) is 11.2. The van der Waals surface area contributed by atoms with E-state index >= 15 is 0 Å². The van der Waals surface area contributed by atoms with Crippen LogP contribution in [-0.2, 0) is 6.61 Å². The number of imidazole rings is 1. The van der Waals surface area contributed by atoms with Crippen LogP contribution in [0.4, 0.5) is 0 Å². The van der Waals surface area contributed by atoms with Crippen LogP contribution in [0.5, 0.6) is 5.75 Å². The first-order chi connectivity index (χ1) is 10.3. The topological polar surface area (TPSA) is 81.7 Å². The highest BCUT2D eigenvalue weighted by Crippen LogP contribution is 2.20. The normalized spacial score (nSPS) is 10.5. The Morgan fingerprint density at radius 3 is 2.81 bits per heavy atom. The van der Waals surface area contributed by atoms with Gasteiger partial charge in [0.15, 0.2) is 11.4 Å². The first kappa shape index (κ1) is 13.1. The third-order valence-electron chi connectivity index (χ3n) is 3.05. The third-order valence-corrected chi connectivity index (χ3v) is 3.05. The molecule has 3 rings (SSSR count). The minimum atomic E-state index is -0.437. The molecule has 2 heterocycles. The minimum absolute atomic E-state index is 0.244. The predicted molar refractivity (Wildman–Crippen MR) is 77.6 cm³/mol. The molecule has 1 amide bonds. The van der Waals surface area contributed by atoms with Crippen molar-refractivity contribution in [3.8, 4) is 5.75 Å². The summed E-state index contributed by atoms with van der Waals surface area (Å²) in [6.07, 6.45) is 3.40. The fraction of sp³-hybridized carbons (Fsp3) is 0.0667. The van der Waals surface area contributed by atoms with Crippen molar-refractivity contribution in [3.05, 3.63) is 66.1 Å². The Bertz CT molecular complexity index is 768. The van der Waals surface area contributed by atoms with Crippen molar-refractivity contribution in [3.63, 3.8) is 0 Å². The number of hydrogen-bond acceptors (Lipinski definition) is 4. The summed E-state index contributed by atoms with van der Waals surface area (Å²) in [6.45, 7) is 0.436. The summed E-state index contributed by atoms with van der Waals surface area (Å²) in [5.41, 5.74) is 3.94. The minimum Gasteiger partial charge on any atom is -0.485 e. The maximum Gasteiger partial charge on any atom is 0.285 e.